The lowest BCUT2D eigenvalue weighted by molar-refractivity contribution is -0.138. The van der Waals surface area contributed by atoms with Crippen LogP contribution in [0.15, 0.2) is 18.2 Å². The SMILES string of the molecule is O=C(CN1CCCC(O)C1)NCc1ccc(F)cc1C(F)(F)F. The zero-order valence-electron chi connectivity index (χ0n) is 12.4. The van der Waals surface area contributed by atoms with Crippen LogP contribution < -0.4 is 5.32 Å². The molecule has 0 radical (unpaired) electrons. The number of hydrogen-bond donors (Lipinski definition) is 2. The summed E-state index contributed by atoms with van der Waals surface area (Å²) in [5.41, 5.74) is -1.28. The third kappa shape index (κ3) is 5.18. The highest BCUT2D eigenvalue weighted by Crippen LogP contribution is 2.32. The molecule has 1 amide bonds. The van der Waals surface area contributed by atoms with E-state index in [-0.39, 0.29) is 18.7 Å². The minimum Gasteiger partial charge on any atom is -0.392 e. The molecule has 1 atom stereocenters. The molecule has 8 heteroatoms. The third-order valence-corrected chi connectivity index (χ3v) is 3.70. The van der Waals surface area contributed by atoms with Crippen molar-refractivity contribution in [1.29, 1.82) is 0 Å². The van der Waals surface area contributed by atoms with Gasteiger partial charge in [0.1, 0.15) is 5.82 Å². The molecule has 1 aliphatic heterocycles. The fourth-order valence-corrected chi connectivity index (χ4v) is 2.59. The third-order valence-electron chi connectivity index (χ3n) is 3.70. The van der Waals surface area contributed by atoms with Crippen molar-refractivity contribution in [2.45, 2.75) is 31.7 Å². The Morgan fingerprint density at radius 3 is 2.78 bits per heavy atom. The molecule has 1 fully saturated rings. The predicted octanol–water partition coefficient (Wildman–Crippen LogP) is 1.92. The van der Waals surface area contributed by atoms with Crippen molar-refractivity contribution in [1.82, 2.24) is 10.2 Å². The number of hydrogen-bond acceptors (Lipinski definition) is 3. The number of alkyl halides is 3. The average molecular weight is 334 g/mol. The predicted molar refractivity (Wildman–Crippen MR) is 74.9 cm³/mol. The first-order chi connectivity index (χ1) is 10.8. The molecule has 1 heterocycles. The minimum atomic E-state index is -4.68. The Hall–Kier alpha value is -1.67. The molecule has 0 aliphatic carbocycles. The first kappa shape index (κ1) is 17.7. The number of nitrogens with one attached hydrogen (secondary N) is 1. The molecule has 2 rings (SSSR count). The molecule has 2 N–H and O–H groups in total. The summed E-state index contributed by atoms with van der Waals surface area (Å²) in [6.07, 6.45) is -3.71. The number of aliphatic hydroxyl groups excluding tert-OH is 1. The van der Waals surface area contributed by atoms with Crippen molar-refractivity contribution < 1.29 is 27.5 Å². The summed E-state index contributed by atoms with van der Waals surface area (Å²) in [5, 5.41) is 11.9. The van der Waals surface area contributed by atoms with Crippen LogP contribution in [-0.2, 0) is 17.5 Å². The van der Waals surface area contributed by atoms with E-state index in [9.17, 15) is 27.5 Å². The normalized spacial score (nSPS) is 19.6. The van der Waals surface area contributed by atoms with E-state index in [0.29, 0.717) is 25.6 Å². The summed E-state index contributed by atoms with van der Waals surface area (Å²) in [6.45, 7) is 0.719. The van der Waals surface area contributed by atoms with Gasteiger partial charge in [0.2, 0.25) is 5.91 Å². The van der Waals surface area contributed by atoms with Crippen molar-refractivity contribution in [3.63, 3.8) is 0 Å². The molecule has 1 aliphatic rings. The van der Waals surface area contributed by atoms with Gasteiger partial charge in [-0.25, -0.2) is 4.39 Å². The van der Waals surface area contributed by atoms with Crippen molar-refractivity contribution in [3.05, 3.63) is 35.1 Å². The molecule has 1 unspecified atom stereocenters. The topological polar surface area (TPSA) is 52.6 Å². The van der Waals surface area contributed by atoms with Crippen LogP contribution in [0.5, 0.6) is 0 Å². The zero-order valence-corrected chi connectivity index (χ0v) is 12.4. The molecule has 0 bridgehead atoms. The van der Waals surface area contributed by atoms with Gasteiger partial charge in [0, 0.05) is 13.1 Å². The lowest BCUT2D eigenvalue weighted by atomic mass is 10.1. The Kier molecular flexibility index (Phi) is 5.59. The van der Waals surface area contributed by atoms with Gasteiger partial charge < -0.3 is 10.4 Å². The van der Waals surface area contributed by atoms with E-state index in [1.807, 2.05) is 0 Å². The molecule has 4 nitrogen and oxygen atoms in total. The fraction of sp³-hybridized carbons (Fsp3) is 0.533. The number of likely N-dealkylation sites (tertiary alicyclic amines) is 1. The van der Waals surface area contributed by atoms with Gasteiger partial charge in [0.05, 0.1) is 18.2 Å². The van der Waals surface area contributed by atoms with Crippen molar-refractivity contribution in [2.24, 2.45) is 0 Å². The van der Waals surface area contributed by atoms with E-state index >= 15 is 0 Å². The minimum absolute atomic E-state index is 0.0135. The highest BCUT2D eigenvalue weighted by Gasteiger charge is 2.33. The first-order valence-corrected chi connectivity index (χ1v) is 7.28. The number of amides is 1. The second kappa shape index (κ2) is 7.27. The van der Waals surface area contributed by atoms with Gasteiger partial charge in [-0.1, -0.05) is 6.07 Å². The number of halogens is 4. The molecule has 0 spiro atoms. The second-order valence-corrected chi connectivity index (χ2v) is 5.61. The van der Waals surface area contributed by atoms with Crippen LogP contribution in [0.1, 0.15) is 24.0 Å². The van der Waals surface area contributed by atoms with Gasteiger partial charge in [-0.15, -0.1) is 0 Å². The molecule has 1 aromatic rings. The van der Waals surface area contributed by atoms with E-state index in [1.54, 1.807) is 4.90 Å². The van der Waals surface area contributed by atoms with Gasteiger partial charge in [-0.3, -0.25) is 9.69 Å². The summed E-state index contributed by atoms with van der Waals surface area (Å²) in [6, 6.07) is 2.36. The van der Waals surface area contributed by atoms with E-state index in [0.717, 1.165) is 18.6 Å². The van der Waals surface area contributed by atoms with Crippen LogP contribution in [0.2, 0.25) is 0 Å². The maximum Gasteiger partial charge on any atom is 0.416 e. The molecular formula is C15H18F4N2O2. The molecule has 128 valence electrons. The number of aliphatic hydroxyl groups is 1. The molecule has 0 saturated carbocycles. The second-order valence-electron chi connectivity index (χ2n) is 5.61. The smallest absolute Gasteiger partial charge is 0.392 e. The standard InChI is InChI=1S/C15H18F4N2O2/c16-11-4-3-10(13(6-11)15(17,18)19)7-20-14(23)9-21-5-1-2-12(22)8-21/h3-4,6,12,22H,1-2,5,7-9H2,(H,20,23). The lowest BCUT2D eigenvalue weighted by Crippen LogP contribution is -2.44. The number of nitrogens with zero attached hydrogens (tertiary/aromatic N) is 1. The number of β-amino-alcohol motifs (C(OH)–C–C–N with tert-alkyl or cyclic N) is 1. The Labute approximate surface area is 131 Å². The Bertz CT molecular complexity index is 563. The number of carbonyl (C=O) groups excluding carboxylic acids is 1. The number of piperidine rings is 1. The molecule has 23 heavy (non-hydrogen) atoms. The summed E-state index contributed by atoms with van der Waals surface area (Å²) >= 11 is 0. The summed E-state index contributed by atoms with van der Waals surface area (Å²) in [7, 11) is 0. The largest absolute Gasteiger partial charge is 0.416 e. The number of benzene rings is 1. The van der Waals surface area contributed by atoms with Gasteiger partial charge in [0.15, 0.2) is 0 Å². The van der Waals surface area contributed by atoms with Crippen LogP contribution in [0.3, 0.4) is 0 Å². The quantitative estimate of drug-likeness (QED) is 0.827. The van der Waals surface area contributed by atoms with E-state index in [1.165, 1.54) is 0 Å². The maximum absolute atomic E-state index is 13.0. The monoisotopic (exact) mass is 334 g/mol. The van der Waals surface area contributed by atoms with Crippen molar-refractivity contribution in [2.75, 3.05) is 19.6 Å². The van der Waals surface area contributed by atoms with Crippen LogP contribution in [0.25, 0.3) is 0 Å². The zero-order chi connectivity index (χ0) is 17.0. The number of rotatable bonds is 4. The molecule has 1 aromatic carbocycles. The molecular weight excluding hydrogens is 316 g/mol. The maximum atomic E-state index is 13.0. The molecule has 0 aromatic heterocycles. The van der Waals surface area contributed by atoms with Crippen molar-refractivity contribution >= 4 is 5.91 Å². The summed E-state index contributed by atoms with van der Waals surface area (Å²) in [5.74, 6) is -1.41. The Balaban J connectivity index is 1.94. The van der Waals surface area contributed by atoms with Crippen LogP contribution in [0.4, 0.5) is 17.6 Å². The first-order valence-electron chi connectivity index (χ1n) is 7.28. The van der Waals surface area contributed by atoms with Crippen LogP contribution >= 0.6 is 0 Å². The van der Waals surface area contributed by atoms with E-state index in [4.69, 9.17) is 0 Å². The average Bonchev–Trinajstić information content (AvgIpc) is 2.45. The highest BCUT2D eigenvalue weighted by molar-refractivity contribution is 5.78. The lowest BCUT2D eigenvalue weighted by Gasteiger charge is -2.29. The summed E-state index contributed by atoms with van der Waals surface area (Å²) in [4.78, 5) is 13.6. The fourth-order valence-electron chi connectivity index (χ4n) is 2.59. The highest BCUT2D eigenvalue weighted by atomic mass is 19.4. The van der Waals surface area contributed by atoms with Crippen molar-refractivity contribution in [3.8, 4) is 0 Å². The van der Waals surface area contributed by atoms with E-state index < -0.39 is 29.6 Å². The van der Waals surface area contributed by atoms with E-state index in [2.05, 4.69) is 5.32 Å². The molecule has 1 saturated heterocycles. The Morgan fingerprint density at radius 1 is 1.39 bits per heavy atom. The van der Waals surface area contributed by atoms with Gasteiger partial charge in [-0.05, 0) is 37.1 Å². The van der Waals surface area contributed by atoms with Gasteiger partial charge >= 0.3 is 6.18 Å². The van der Waals surface area contributed by atoms with Crippen LogP contribution in [-0.4, -0.2) is 41.7 Å². The Morgan fingerprint density at radius 2 is 2.13 bits per heavy atom. The van der Waals surface area contributed by atoms with Gasteiger partial charge in [-0.2, -0.15) is 13.2 Å². The van der Waals surface area contributed by atoms with Crippen LogP contribution in [0, 0.1) is 5.82 Å². The summed E-state index contributed by atoms with van der Waals surface area (Å²) < 4.78 is 51.6. The number of carbonyl (C=O) groups is 1. The van der Waals surface area contributed by atoms with Gasteiger partial charge in [0.25, 0.3) is 0 Å².